The zero-order chi connectivity index (χ0) is 18.7. The third-order valence-electron chi connectivity index (χ3n) is 3.61. The molecule has 0 saturated carbocycles. The number of thiazole rings is 1. The summed E-state index contributed by atoms with van der Waals surface area (Å²) in [6.07, 6.45) is -0.162. The molecule has 1 N–H and O–H groups in total. The lowest BCUT2D eigenvalue weighted by Gasteiger charge is -2.06. The standard InChI is InChI=1S/C17H15ClN2O4S2/c1-24-12-3-5-13(6-4-12)26(22,23)9-8-16(21)20-17-19-14-7-2-11(18)10-15(14)25-17/h2-7,10H,8-9H2,1H3,(H,19,20,21). The summed E-state index contributed by atoms with van der Waals surface area (Å²) in [5.41, 5.74) is 0.723. The van der Waals surface area contributed by atoms with Crippen molar-refractivity contribution in [3.63, 3.8) is 0 Å². The van der Waals surface area contributed by atoms with Gasteiger partial charge < -0.3 is 10.1 Å². The minimum absolute atomic E-state index is 0.153. The van der Waals surface area contributed by atoms with E-state index in [9.17, 15) is 13.2 Å². The number of ether oxygens (including phenoxy) is 1. The summed E-state index contributed by atoms with van der Waals surface area (Å²) in [5.74, 6) is -0.133. The highest BCUT2D eigenvalue weighted by molar-refractivity contribution is 7.91. The Morgan fingerprint density at radius 2 is 1.96 bits per heavy atom. The van der Waals surface area contributed by atoms with Gasteiger partial charge in [-0.05, 0) is 42.5 Å². The van der Waals surface area contributed by atoms with Crippen LogP contribution in [0.5, 0.6) is 5.75 Å². The average Bonchev–Trinajstić information content (AvgIpc) is 3.01. The van der Waals surface area contributed by atoms with Gasteiger partial charge in [0.25, 0.3) is 0 Å². The maximum Gasteiger partial charge on any atom is 0.227 e. The van der Waals surface area contributed by atoms with Crippen LogP contribution in [0.2, 0.25) is 5.02 Å². The smallest absolute Gasteiger partial charge is 0.227 e. The van der Waals surface area contributed by atoms with Crippen LogP contribution in [0.25, 0.3) is 10.2 Å². The van der Waals surface area contributed by atoms with Gasteiger partial charge in [0.1, 0.15) is 5.75 Å². The molecule has 136 valence electrons. The number of anilines is 1. The first-order valence-corrected chi connectivity index (χ1v) is 10.4. The molecule has 0 aliphatic heterocycles. The maximum atomic E-state index is 12.3. The zero-order valence-corrected chi connectivity index (χ0v) is 16.1. The van der Waals surface area contributed by atoms with E-state index in [1.807, 2.05) is 0 Å². The normalized spacial score (nSPS) is 11.5. The number of hydrogen-bond donors (Lipinski definition) is 1. The number of halogens is 1. The first kappa shape index (κ1) is 18.6. The van der Waals surface area contributed by atoms with Crippen molar-refractivity contribution in [3.8, 4) is 5.75 Å². The molecule has 0 aliphatic carbocycles. The van der Waals surface area contributed by atoms with Gasteiger partial charge in [-0.2, -0.15) is 0 Å². The minimum Gasteiger partial charge on any atom is -0.497 e. The molecule has 2 aromatic carbocycles. The number of nitrogens with zero attached hydrogens (tertiary/aromatic N) is 1. The number of rotatable bonds is 6. The van der Waals surface area contributed by atoms with Crippen LogP contribution in [0.3, 0.4) is 0 Å². The Labute approximate surface area is 159 Å². The van der Waals surface area contributed by atoms with Gasteiger partial charge in [-0.3, -0.25) is 4.79 Å². The molecular weight excluding hydrogens is 396 g/mol. The van der Waals surface area contributed by atoms with Crippen molar-refractivity contribution in [2.75, 3.05) is 18.2 Å². The van der Waals surface area contributed by atoms with E-state index in [4.69, 9.17) is 16.3 Å². The van der Waals surface area contributed by atoms with Crippen LogP contribution in [-0.4, -0.2) is 32.2 Å². The number of amides is 1. The molecule has 0 aliphatic rings. The summed E-state index contributed by atoms with van der Waals surface area (Å²) in [5, 5.41) is 3.63. The third kappa shape index (κ3) is 4.32. The number of fused-ring (bicyclic) bond motifs is 1. The predicted molar refractivity (Wildman–Crippen MR) is 103 cm³/mol. The van der Waals surface area contributed by atoms with Crippen LogP contribution in [0, 0.1) is 0 Å². The van der Waals surface area contributed by atoms with Crippen LogP contribution >= 0.6 is 22.9 Å². The number of hydrogen-bond acceptors (Lipinski definition) is 6. The van der Waals surface area contributed by atoms with Gasteiger partial charge in [-0.25, -0.2) is 13.4 Å². The van der Waals surface area contributed by atoms with E-state index in [1.54, 1.807) is 30.3 Å². The molecule has 1 heterocycles. The lowest BCUT2D eigenvalue weighted by Crippen LogP contribution is -2.17. The predicted octanol–water partition coefficient (Wildman–Crippen LogP) is 3.76. The van der Waals surface area contributed by atoms with Crippen molar-refractivity contribution in [1.29, 1.82) is 0 Å². The van der Waals surface area contributed by atoms with E-state index in [2.05, 4.69) is 10.3 Å². The van der Waals surface area contributed by atoms with Crippen LogP contribution in [0.15, 0.2) is 47.4 Å². The van der Waals surface area contributed by atoms with Gasteiger partial charge >= 0.3 is 0 Å². The second kappa shape index (κ2) is 7.61. The Morgan fingerprint density at radius 3 is 2.65 bits per heavy atom. The van der Waals surface area contributed by atoms with Gasteiger partial charge in [0.2, 0.25) is 5.91 Å². The molecule has 6 nitrogen and oxygen atoms in total. The third-order valence-corrected chi connectivity index (χ3v) is 6.51. The van der Waals surface area contributed by atoms with Crippen molar-refractivity contribution in [2.24, 2.45) is 0 Å². The Bertz CT molecular complexity index is 1050. The number of sulfone groups is 1. The van der Waals surface area contributed by atoms with Crippen LogP contribution in [0.4, 0.5) is 5.13 Å². The molecule has 0 fully saturated rings. The number of benzene rings is 2. The molecule has 0 radical (unpaired) electrons. The van der Waals surface area contributed by atoms with E-state index in [0.717, 1.165) is 10.2 Å². The number of aromatic nitrogens is 1. The van der Waals surface area contributed by atoms with Crippen LogP contribution < -0.4 is 10.1 Å². The molecule has 3 aromatic rings. The topological polar surface area (TPSA) is 85.4 Å². The Hall–Kier alpha value is -2.16. The molecule has 0 bridgehead atoms. The van der Waals surface area contributed by atoms with Gasteiger partial charge in [-0.15, -0.1) is 0 Å². The Balaban J connectivity index is 1.63. The highest BCUT2D eigenvalue weighted by Gasteiger charge is 2.17. The molecule has 26 heavy (non-hydrogen) atoms. The lowest BCUT2D eigenvalue weighted by atomic mass is 10.3. The zero-order valence-electron chi connectivity index (χ0n) is 13.7. The number of nitrogens with one attached hydrogen (secondary N) is 1. The first-order chi connectivity index (χ1) is 12.4. The molecule has 0 atom stereocenters. The number of methoxy groups -OCH3 is 1. The van der Waals surface area contributed by atoms with Crippen molar-refractivity contribution in [3.05, 3.63) is 47.5 Å². The molecular formula is C17H15ClN2O4S2. The minimum atomic E-state index is -3.55. The second-order valence-electron chi connectivity index (χ2n) is 5.42. The summed E-state index contributed by atoms with van der Waals surface area (Å²) < 4.78 is 30.5. The van der Waals surface area contributed by atoms with Gasteiger partial charge in [0.15, 0.2) is 15.0 Å². The number of carbonyl (C=O) groups is 1. The molecule has 3 rings (SSSR count). The van der Waals surface area contributed by atoms with Crippen molar-refractivity contribution < 1.29 is 17.9 Å². The second-order valence-corrected chi connectivity index (χ2v) is 9.00. The van der Waals surface area contributed by atoms with E-state index in [0.29, 0.717) is 15.9 Å². The van der Waals surface area contributed by atoms with E-state index in [-0.39, 0.29) is 17.1 Å². The van der Waals surface area contributed by atoms with Crippen molar-refractivity contribution in [2.45, 2.75) is 11.3 Å². The molecule has 1 aromatic heterocycles. The summed E-state index contributed by atoms with van der Waals surface area (Å²) in [7, 11) is -2.05. The van der Waals surface area contributed by atoms with Crippen LogP contribution in [-0.2, 0) is 14.6 Å². The highest BCUT2D eigenvalue weighted by Crippen LogP contribution is 2.28. The average molecular weight is 411 g/mol. The first-order valence-electron chi connectivity index (χ1n) is 7.60. The maximum absolute atomic E-state index is 12.3. The summed E-state index contributed by atoms with van der Waals surface area (Å²) in [6, 6.07) is 11.3. The fraction of sp³-hybridized carbons (Fsp3) is 0.176. The van der Waals surface area contributed by atoms with Crippen LogP contribution in [0.1, 0.15) is 6.42 Å². The SMILES string of the molecule is COc1ccc(S(=O)(=O)CCC(=O)Nc2nc3ccc(Cl)cc3s2)cc1. The van der Waals surface area contributed by atoms with E-state index in [1.165, 1.54) is 30.6 Å². The molecule has 0 spiro atoms. The quantitative estimate of drug-likeness (QED) is 0.668. The fourth-order valence-electron chi connectivity index (χ4n) is 2.26. The molecule has 1 amide bonds. The van der Waals surface area contributed by atoms with Crippen molar-refractivity contribution >= 4 is 54.0 Å². The monoisotopic (exact) mass is 410 g/mol. The summed E-state index contributed by atoms with van der Waals surface area (Å²) in [4.78, 5) is 16.5. The Morgan fingerprint density at radius 1 is 1.23 bits per heavy atom. The Kier molecular flexibility index (Phi) is 5.45. The summed E-state index contributed by atoms with van der Waals surface area (Å²) in [6.45, 7) is 0. The number of carbonyl (C=O) groups excluding carboxylic acids is 1. The molecule has 9 heteroatoms. The molecule has 0 unspecified atom stereocenters. The largest absolute Gasteiger partial charge is 0.497 e. The molecule has 0 saturated heterocycles. The van der Waals surface area contributed by atoms with Gasteiger partial charge in [0, 0.05) is 11.4 Å². The van der Waals surface area contributed by atoms with Crippen molar-refractivity contribution in [1.82, 2.24) is 4.98 Å². The summed E-state index contributed by atoms with van der Waals surface area (Å²) >= 11 is 7.21. The lowest BCUT2D eigenvalue weighted by molar-refractivity contribution is -0.115. The fourth-order valence-corrected chi connectivity index (χ4v) is 4.66. The van der Waals surface area contributed by atoms with Gasteiger partial charge in [-0.1, -0.05) is 22.9 Å². The highest BCUT2D eigenvalue weighted by atomic mass is 35.5. The van der Waals surface area contributed by atoms with E-state index < -0.39 is 15.7 Å². The van der Waals surface area contributed by atoms with Gasteiger partial charge in [0.05, 0.1) is 28.0 Å². The van der Waals surface area contributed by atoms with E-state index >= 15 is 0 Å².